The lowest BCUT2D eigenvalue weighted by atomic mass is 9.93. The lowest BCUT2D eigenvalue weighted by Gasteiger charge is -2.26. The maximum Gasteiger partial charge on any atom is 0.205 e. The van der Waals surface area contributed by atoms with Crippen LogP contribution in [0.3, 0.4) is 0 Å². The summed E-state index contributed by atoms with van der Waals surface area (Å²) in [6, 6.07) is 0. The molecule has 6 nitrogen and oxygen atoms in total. The molecule has 0 saturated heterocycles. The first kappa shape index (κ1) is 16.1. The second kappa shape index (κ2) is 8.27. The number of nitrogens with zero attached hydrogens (tertiary/aromatic N) is 2. The number of nitrogens with two attached hydrogens (primary N) is 1. The highest BCUT2D eigenvalue weighted by molar-refractivity contribution is 5.79. The fourth-order valence-electron chi connectivity index (χ4n) is 1.62. The van der Waals surface area contributed by atoms with Crippen LogP contribution in [0.2, 0.25) is 0 Å². The Bertz CT molecular complexity index is 228. The lowest BCUT2D eigenvalue weighted by Crippen LogP contribution is -2.43. The van der Waals surface area contributed by atoms with Crippen LogP contribution in [0.15, 0.2) is 4.99 Å². The largest absolute Gasteiger partial charge is 0.383 e. The van der Waals surface area contributed by atoms with Gasteiger partial charge in [-0.2, -0.15) is 0 Å². The average Bonchev–Trinajstić information content (AvgIpc) is 2.21. The first-order valence-corrected chi connectivity index (χ1v) is 5.80. The molecule has 102 valence electrons. The van der Waals surface area contributed by atoms with Crippen LogP contribution < -0.4 is 16.6 Å². The van der Waals surface area contributed by atoms with Crippen LogP contribution >= 0.6 is 0 Å². The van der Waals surface area contributed by atoms with Crippen molar-refractivity contribution in [2.75, 3.05) is 47.4 Å². The molecule has 0 aliphatic rings. The Hall–Kier alpha value is -0.850. The van der Waals surface area contributed by atoms with Crippen molar-refractivity contribution < 1.29 is 4.74 Å². The molecule has 17 heavy (non-hydrogen) atoms. The third-order valence-corrected chi connectivity index (χ3v) is 2.14. The molecule has 4 N–H and O–H groups in total. The summed E-state index contributed by atoms with van der Waals surface area (Å²) in [6.45, 7) is 7.37. The number of guanidine groups is 1. The maximum absolute atomic E-state index is 5.39. The van der Waals surface area contributed by atoms with E-state index in [2.05, 4.69) is 48.6 Å². The van der Waals surface area contributed by atoms with E-state index in [4.69, 9.17) is 10.6 Å². The molecule has 0 rings (SSSR count). The SMILES string of the molecule is COCCNC(=NCC(C)(C)CN(C)C)NN. The van der Waals surface area contributed by atoms with Gasteiger partial charge in [-0.05, 0) is 19.5 Å². The Kier molecular flexibility index (Phi) is 7.86. The molecule has 6 heteroatoms. The van der Waals surface area contributed by atoms with E-state index in [9.17, 15) is 0 Å². The number of ether oxygens (including phenoxy) is 1. The normalized spacial score (nSPS) is 13.0. The molecule has 0 aliphatic heterocycles. The molecule has 0 spiro atoms. The second-order valence-electron chi connectivity index (χ2n) is 5.13. The number of rotatable bonds is 7. The van der Waals surface area contributed by atoms with Crippen molar-refractivity contribution in [3.8, 4) is 0 Å². The van der Waals surface area contributed by atoms with Gasteiger partial charge in [-0.3, -0.25) is 10.4 Å². The molecular formula is C11H27N5O. The van der Waals surface area contributed by atoms with Crippen LogP contribution in [0.4, 0.5) is 0 Å². The molecule has 0 saturated carbocycles. The number of hydrogen-bond donors (Lipinski definition) is 3. The van der Waals surface area contributed by atoms with E-state index in [0.717, 1.165) is 6.54 Å². The zero-order valence-corrected chi connectivity index (χ0v) is 11.7. The molecule has 0 aliphatic carbocycles. The van der Waals surface area contributed by atoms with Crippen molar-refractivity contribution in [3.05, 3.63) is 0 Å². The summed E-state index contributed by atoms with van der Waals surface area (Å²) in [6.07, 6.45) is 0. The Morgan fingerprint density at radius 1 is 1.41 bits per heavy atom. The molecule has 0 bridgehead atoms. The minimum absolute atomic E-state index is 0.120. The van der Waals surface area contributed by atoms with Crippen LogP contribution in [-0.4, -0.2) is 58.3 Å². The minimum atomic E-state index is 0.120. The minimum Gasteiger partial charge on any atom is -0.383 e. The Morgan fingerprint density at radius 2 is 2.06 bits per heavy atom. The summed E-state index contributed by atoms with van der Waals surface area (Å²) in [7, 11) is 5.78. The van der Waals surface area contributed by atoms with Gasteiger partial charge in [0.15, 0.2) is 0 Å². The molecule has 0 unspecified atom stereocenters. The highest BCUT2D eigenvalue weighted by Crippen LogP contribution is 2.15. The van der Waals surface area contributed by atoms with E-state index in [-0.39, 0.29) is 5.41 Å². The van der Waals surface area contributed by atoms with Crippen LogP contribution in [0, 0.1) is 5.41 Å². The van der Waals surface area contributed by atoms with Gasteiger partial charge in [0.25, 0.3) is 0 Å². The van der Waals surface area contributed by atoms with Gasteiger partial charge in [-0.15, -0.1) is 0 Å². The molecule has 0 fully saturated rings. The third kappa shape index (κ3) is 8.91. The fourth-order valence-corrected chi connectivity index (χ4v) is 1.62. The summed E-state index contributed by atoms with van der Waals surface area (Å²) in [5.74, 6) is 6.00. The quantitative estimate of drug-likeness (QED) is 0.188. The van der Waals surface area contributed by atoms with Crippen molar-refractivity contribution >= 4 is 5.96 Å². The Morgan fingerprint density at radius 3 is 2.53 bits per heavy atom. The summed E-state index contributed by atoms with van der Waals surface area (Å²) < 4.78 is 4.94. The van der Waals surface area contributed by atoms with E-state index in [1.807, 2.05) is 0 Å². The van der Waals surface area contributed by atoms with Crippen molar-refractivity contribution in [1.29, 1.82) is 0 Å². The molecular weight excluding hydrogens is 218 g/mol. The van der Waals surface area contributed by atoms with Gasteiger partial charge in [0.05, 0.1) is 6.61 Å². The maximum atomic E-state index is 5.39. The number of hydrogen-bond acceptors (Lipinski definition) is 4. The van der Waals surface area contributed by atoms with Gasteiger partial charge in [0.1, 0.15) is 0 Å². The van der Waals surface area contributed by atoms with E-state index < -0.39 is 0 Å². The summed E-state index contributed by atoms with van der Waals surface area (Å²) in [5.41, 5.74) is 2.68. The Balaban J connectivity index is 4.14. The summed E-state index contributed by atoms with van der Waals surface area (Å²) >= 11 is 0. The van der Waals surface area contributed by atoms with Gasteiger partial charge < -0.3 is 15.0 Å². The zero-order chi connectivity index (χ0) is 13.3. The first-order chi connectivity index (χ1) is 7.91. The molecule has 0 aromatic heterocycles. The zero-order valence-electron chi connectivity index (χ0n) is 11.7. The van der Waals surface area contributed by atoms with E-state index in [1.54, 1.807) is 7.11 Å². The number of aliphatic imine (C=N–C) groups is 1. The van der Waals surface area contributed by atoms with Crippen molar-refractivity contribution in [2.45, 2.75) is 13.8 Å². The van der Waals surface area contributed by atoms with E-state index >= 15 is 0 Å². The molecule has 0 heterocycles. The van der Waals surface area contributed by atoms with Crippen molar-refractivity contribution in [1.82, 2.24) is 15.6 Å². The van der Waals surface area contributed by atoms with Crippen LogP contribution in [0.25, 0.3) is 0 Å². The van der Waals surface area contributed by atoms with Gasteiger partial charge >= 0.3 is 0 Å². The lowest BCUT2D eigenvalue weighted by molar-refractivity contribution is 0.203. The molecule has 0 aromatic rings. The van der Waals surface area contributed by atoms with E-state index in [1.165, 1.54) is 0 Å². The number of nitrogens with one attached hydrogen (secondary N) is 2. The molecule has 0 radical (unpaired) electrons. The molecule has 0 amide bonds. The highest BCUT2D eigenvalue weighted by atomic mass is 16.5. The fraction of sp³-hybridized carbons (Fsp3) is 0.909. The highest BCUT2D eigenvalue weighted by Gasteiger charge is 2.18. The van der Waals surface area contributed by atoms with Crippen LogP contribution in [-0.2, 0) is 4.74 Å². The topological polar surface area (TPSA) is 74.9 Å². The predicted octanol–water partition coefficient (Wildman–Crippen LogP) is -0.370. The second-order valence-corrected chi connectivity index (χ2v) is 5.13. The van der Waals surface area contributed by atoms with Gasteiger partial charge in [0, 0.05) is 26.7 Å². The van der Waals surface area contributed by atoms with Crippen LogP contribution in [0.5, 0.6) is 0 Å². The summed E-state index contributed by atoms with van der Waals surface area (Å²) in [4.78, 5) is 6.58. The average molecular weight is 245 g/mol. The molecule has 0 atom stereocenters. The van der Waals surface area contributed by atoms with Crippen molar-refractivity contribution in [3.63, 3.8) is 0 Å². The number of methoxy groups -OCH3 is 1. The first-order valence-electron chi connectivity index (χ1n) is 5.80. The standard InChI is InChI=1S/C11H27N5O/c1-11(2,9-16(3)4)8-14-10(15-12)13-6-7-17-5/h6-9,12H2,1-5H3,(H2,13,14,15). The Labute approximate surface area is 105 Å². The van der Waals surface area contributed by atoms with Gasteiger partial charge in [0.2, 0.25) is 5.96 Å². The van der Waals surface area contributed by atoms with Crippen LogP contribution in [0.1, 0.15) is 13.8 Å². The smallest absolute Gasteiger partial charge is 0.205 e. The summed E-state index contributed by atoms with van der Waals surface area (Å²) in [5, 5.41) is 3.07. The van der Waals surface area contributed by atoms with Gasteiger partial charge in [-0.25, -0.2) is 5.84 Å². The third-order valence-electron chi connectivity index (χ3n) is 2.14. The van der Waals surface area contributed by atoms with E-state index in [0.29, 0.717) is 25.7 Å². The predicted molar refractivity (Wildman–Crippen MR) is 71.8 cm³/mol. The molecule has 0 aromatic carbocycles. The van der Waals surface area contributed by atoms with Gasteiger partial charge in [-0.1, -0.05) is 13.8 Å². The van der Waals surface area contributed by atoms with Crippen molar-refractivity contribution in [2.24, 2.45) is 16.3 Å². The monoisotopic (exact) mass is 245 g/mol. The number of hydrazine groups is 1.